The van der Waals surface area contributed by atoms with Gasteiger partial charge in [-0.2, -0.15) is 0 Å². The third-order valence-electron chi connectivity index (χ3n) is 7.08. The highest BCUT2D eigenvalue weighted by Crippen LogP contribution is 2.09. The number of hydrogen-bond acceptors (Lipinski definition) is 10. The van der Waals surface area contributed by atoms with Crippen molar-refractivity contribution in [1.29, 1.82) is 0 Å². The molecular weight excluding hydrogens is 735 g/mol. The molecule has 292 valence electrons. The Morgan fingerprint density at radius 3 is 1.30 bits per heavy atom. The van der Waals surface area contributed by atoms with Crippen LogP contribution in [-0.2, 0) is 26.2 Å². The normalized spacial score (nSPS) is 12.6. The van der Waals surface area contributed by atoms with Crippen molar-refractivity contribution in [2.75, 3.05) is 26.4 Å². The van der Waals surface area contributed by atoms with Gasteiger partial charge in [-0.1, -0.05) is 52.0 Å². The van der Waals surface area contributed by atoms with Gasteiger partial charge in [0.1, 0.15) is 13.1 Å². The highest BCUT2D eigenvalue weighted by Gasteiger charge is 2.13. The molecule has 54 heavy (non-hydrogen) atoms. The second-order valence-corrected chi connectivity index (χ2v) is 11.7. The Bertz CT molecular complexity index is 1800. The van der Waals surface area contributed by atoms with E-state index in [1.807, 2.05) is 144 Å². The van der Waals surface area contributed by atoms with Crippen molar-refractivity contribution in [3.63, 3.8) is 0 Å². The topological polar surface area (TPSA) is 197 Å². The van der Waals surface area contributed by atoms with Gasteiger partial charge in [0.15, 0.2) is 11.0 Å². The first-order valence-corrected chi connectivity index (χ1v) is 17.1. The van der Waals surface area contributed by atoms with Crippen LogP contribution in [-0.4, -0.2) is 67.7 Å². The first kappa shape index (κ1) is 47.2. The predicted molar refractivity (Wildman–Crippen MR) is 195 cm³/mol. The molecule has 4 aromatic rings. The van der Waals surface area contributed by atoms with E-state index in [9.17, 15) is 0 Å². The molecule has 0 unspecified atom stereocenters. The van der Waals surface area contributed by atoms with Crippen LogP contribution in [0.1, 0.15) is 27.7 Å². The lowest BCUT2D eigenvalue weighted by Gasteiger charge is -2.03. The highest BCUT2D eigenvalue weighted by atomic mass is 35.5. The van der Waals surface area contributed by atoms with Gasteiger partial charge in [-0.15, -0.1) is 20.4 Å². The Labute approximate surface area is 327 Å². The molecule has 0 radical (unpaired) electrons. The van der Waals surface area contributed by atoms with Crippen LogP contribution >= 0.6 is 0 Å². The van der Waals surface area contributed by atoms with E-state index in [0.717, 1.165) is 0 Å². The molecule has 4 N–H and O–H groups in total. The number of halogens is 2. The van der Waals surface area contributed by atoms with E-state index in [1.165, 1.54) is 0 Å². The van der Waals surface area contributed by atoms with E-state index >= 15 is 0 Å². The number of aromatic nitrogens is 4. The van der Waals surface area contributed by atoms with E-state index in [2.05, 4.69) is 40.9 Å². The van der Waals surface area contributed by atoms with Gasteiger partial charge in [0.05, 0.1) is 49.0 Å². The largest absolute Gasteiger partial charge is 1.00 e. The molecule has 0 fully saturated rings. The number of rotatable bonds is 14. The third kappa shape index (κ3) is 16.0. The van der Waals surface area contributed by atoms with Crippen molar-refractivity contribution in [1.82, 2.24) is 9.13 Å². The second-order valence-electron chi connectivity index (χ2n) is 11.7. The molecule has 0 amide bonds. The average Bonchev–Trinajstić information content (AvgIpc) is 3.14. The van der Waals surface area contributed by atoms with Crippen LogP contribution in [0, 0.1) is 11.8 Å². The van der Waals surface area contributed by atoms with Crippen molar-refractivity contribution in [2.45, 2.75) is 53.9 Å². The zero-order chi connectivity index (χ0) is 37.6. The summed E-state index contributed by atoms with van der Waals surface area (Å²) in [5.74, 6) is 2.31. The molecule has 0 aliphatic heterocycles. The van der Waals surface area contributed by atoms with Crippen LogP contribution in [0.15, 0.2) is 138 Å². The Morgan fingerprint density at radius 1 is 0.556 bits per heavy atom. The van der Waals surface area contributed by atoms with Crippen molar-refractivity contribution in [3.05, 3.63) is 109 Å². The third-order valence-corrected chi connectivity index (χ3v) is 7.08. The fourth-order valence-corrected chi connectivity index (χ4v) is 4.33. The van der Waals surface area contributed by atoms with Gasteiger partial charge in [-0.05, 0) is 46.6 Å². The van der Waals surface area contributed by atoms with Crippen LogP contribution in [0.3, 0.4) is 0 Å². The van der Waals surface area contributed by atoms with Gasteiger partial charge >= 0.3 is 11.6 Å². The van der Waals surface area contributed by atoms with Gasteiger partial charge in [0.25, 0.3) is 0 Å². The molecule has 4 aromatic heterocycles. The summed E-state index contributed by atoms with van der Waals surface area (Å²) < 4.78 is 7.24. The molecule has 0 bridgehead atoms. The van der Waals surface area contributed by atoms with Gasteiger partial charge in [0, 0.05) is 49.5 Å². The Balaban J connectivity index is 0.000000521. The van der Waals surface area contributed by atoms with E-state index in [-0.39, 0.29) is 63.1 Å². The first-order chi connectivity index (χ1) is 25.3. The molecule has 0 saturated carbocycles. The van der Waals surface area contributed by atoms with Gasteiger partial charge in [-0.25, -0.2) is 9.13 Å². The smallest absolute Gasteiger partial charge is 0.350 e. The molecule has 0 aliphatic carbocycles. The fraction of sp³-hybridized carbons (Fsp3) is 0.389. The SMILES string of the molecule is CC(C)C(N=Nc1cccc[n+]1CCO)=NN=c1ccccn1CCO.CC(C)C(N=Nc1cccc[n+]1CCO)=NN=c1ccccn1CCO.[Cl-].[Cl-]. The Hall–Kier alpha value is -4.84. The number of amidine groups is 2. The molecule has 0 spiro atoms. The van der Waals surface area contributed by atoms with Crippen molar-refractivity contribution in [2.24, 2.45) is 52.7 Å². The number of nitrogens with zero attached hydrogens (tertiary/aromatic N) is 12. The van der Waals surface area contributed by atoms with Crippen LogP contribution in [0.4, 0.5) is 11.6 Å². The number of pyridine rings is 4. The maximum atomic E-state index is 9.14. The molecule has 0 atom stereocenters. The molecule has 4 rings (SSSR count). The Morgan fingerprint density at radius 2 is 0.944 bits per heavy atom. The van der Waals surface area contributed by atoms with Gasteiger partial charge < -0.3 is 54.4 Å². The second kappa shape index (κ2) is 26.9. The van der Waals surface area contributed by atoms with E-state index < -0.39 is 0 Å². The van der Waals surface area contributed by atoms with Crippen LogP contribution in [0.2, 0.25) is 0 Å². The number of azo groups is 2. The minimum absolute atomic E-state index is 0. The molecule has 0 saturated heterocycles. The summed E-state index contributed by atoms with van der Waals surface area (Å²) >= 11 is 0. The standard InChI is InChI=1S/2C18H25N6O2.2ClH/c2*1-15(2)18(21-19-16-7-3-5-9-23(16)11-13-25)22-20-17-8-4-6-10-24(17)12-14-26;;/h2*3-10,15,25-26H,11-14H2,1-2H3;2*1H/q2*+1;;/p-2. The first-order valence-electron chi connectivity index (χ1n) is 17.1. The van der Waals surface area contributed by atoms with Crippen LogP contribution < -0.4 is 44.9 Å². The summed E-state index contributed by atoms with van der Waals surface area (Å²) in [6.45, 7) is 9.73. The summed E-state index contributed by atoms with van der Waals surface area (Å²) in [6.07, 6.45) is 7.34. The minimum Gasteiger partial charge on any atom is -1.00 e. The summed E-state index contributed by atoms with van der Waals surface area (Å²) in [7, 11) is 0. The molecule has 4 heterocycles. The zero-order valence-corrected chi connectivity index (χ0v) is 32.5. The van der Waals surface area contributed by atoms with Crippen molar-refractivity contribution >= 4 is 23.3 Å². The minimum atomic E-state index is 0. The number of hydrogen-bond donors (Lipinski definition) is 4. The molecular formula is C36H50Cl2N12O4. The maximum absolute atomic E-state index is 9.14. The lowest BCUT2D eigenvalue weighted by molar-refractivity contribution is -0.685. The lowest BCUT2D eigenvalue weighted by atomic mass is 10.2. The predicted octanol–water partition coefficient (Wildman–Crippen LogP) is -3.16. The summed E-state index contributed by atoms with van der Waals surface area (Å²) in [4.78, 5) is 0. The molecule has 0 aliphatic rings. The van der Waals surface area contributed by atoms with Crippen molar-refractivity contribution in [3.8, 4) is 0 Å². The average molecular weight is 786 g/mol. The highest BCUT2D eigenvalue weighted by molar-refractivity contribution is 5.84. The van der Waals surface area contributed by atoms with E-state index in [1.54, 1.807) is 0 Å². The van der Waals surface area contributed by atoms with Gasteiger partial charge in [-0.3, -0.25) is 0 Å². The fourth-order valence-electron chi connectivity index (χ4n) is 4.33. The quantitative estimate of drug-likeness (QED) is 0.0345. The maximum Gasteiger partial charge on any atom is 0.350 e. The van der Waals surface area contributed by atoms with E-state index in [0.29, 0.717) is 60.5 Å². The monoisotopic (exact) mass is 784 g/mol. The zero-order valence-electron chi connectivity index (χ0n) is 31.0. The molecule has 18 heteroatoms. The van der Waals surface area contributed by atoms with Crippen LogP contribution in [0.5, 0.6) is 0 Å². The summed E-state index contributed by atoms with van der Waals surface area (Å²) in [6, 6.07) is 22.2. The summed E-state index contributed by atoms with van der Waals surface area (Å²) in [5, 5.41) is 70.6. The van der Waals surface area contributed by atoms with Crippen LogP contribution in [0.25, 0.3) is 0 Å². The molecule has 0 aromatic carbocycles. The number of aliphatic hydroxyl groups is 4. The Kier molecular flexibility index (Phi) is 23.5. The van der Waals surface area contributed by atoms with E-state index in [4.69, 9.17) is 20.4 Å². The number of aliphatic hydroxyl groups excluding tert-OH is 4. The lowest BCUT2D eigenvalue weighted by Crippen LogP contribution is -3.00. The van der Waals surface area contributed by atoms with Gasteiger partial charge in [0.2, 0.25) is 11.7 Å². The molecule has 16 nitrogen and oxygen atoms in total. The summed E-state index contributed by atoms with van der Waals surface area (Å²) in [5.41, 5.74) is 1.26. The van der Waals surface area contributed by atoms with Crippen molar-refractivity contribution < 1.29 is 54.4 Å².